The molecule has 1 fully saturated rings. The number of carbonyl (C=O) groups excluding carboxylic acids is 2. The zero-order valence-electron chi connectivity index (χ0n) is 11.0. The van der Waals surface area contributed by atoms with Gasteiger partial charge in [0.15, 0.2) is 0 Å². The second kappa shape index (κ2) is 5.69. The van der Waals surface area contributed by atoms with Crippen LogP contribution < -0.4 is 0 Å². The van der Waals surface area contributed by atoms with Gasteiger partial charge in [-0.05, 0) is 40.9 Å². The van der Waals surface area contributed by atoms with E-state index < -0.39 is 0 Å². The van der Waals surface area contributed by atoms with E-state index in [2.05, 4.69) is 20.9 Å². The molecule has 0 radical (unpaired) electrons. The molecule has 5 nitrogen and oxygen atoms in total. The monoisotopic (exact) mass is 325 g/mol. The Balaban J connectivity index is 2.21. The van der Waals surface area contributed by atoms with Gasteiger partial charge in [0.05, 0.1) is 0 Å². The highest BCUT2D eigenvalue weighted by Gasteiger charge is 2.35. The Morgan fingerprint density at radius 1 is 1.47 bits per heavy atom. The number of pyridine rings is 1. The van der Waals surface area contributed by atoms with Crippen molar-refractivity contribution in [2.24, 2.45) is 0 Å². The third-order valence-electron chi connectivity index (χ3n) is 3.21. The average Bonchev–Trinajstić information content (AvgIpc) is 2.85. The van der Waals surface area contributed by atoms with Gasteiger partial charge in [0.2, 0.25) is 5.91 Å². The van der Waals surface area contributed by atoms with Gasteiger partial charge in [0.1, 0.15) is 10.6 Å². The van der Waals surface area contributed by atoms with Crippen LogP contribution in [0.4, 0.5) is 0 Å². The fraction of sp³-hybridized carbons (Fsp3) is 0.462. The second-order valence-corrected chi connectivity index (χ2v) is 5.57. The van der Waals surface area contributed by atoms with Crippen LogP contribution in [-0.4, -0.2) is 53.3 Å². The van der Waals surface area contributed by atoms with Gasteiger partial charge in [0, 0.05) is 32.4 Å². The number of amides is 2. The van der Waals surface area contributed by atoms with E-state index in [0.29, 0.717) is 16.7 Å². The third-order valence-corrected chi connectivity index (χ3v) is 3.65. The normalized spacial score (nSPS) is 18.5. The standard InChI is InChI=1S/C13H16BrN3O2/c1-16(2)13(19)10-4-3-7-17(10)12(18)9-5-6-15-11(14)8-9/h5-6,8,10H,3-4,7H2,1-2H3. The fourth-order valence-corrected chi connectivity index (χ4v) is 2.63. The lowest BCUT2D eigenvalue weighted by atomic mass is 10.1. The van der Waals surface area contributed by atoms with E-state index in [1.54, 1.807) is 42.2 Å². The zero-order valence-corrected chi connectivity index (χ0v) is 12.6. The van der Waals surface area contributed by atoms with Crippen molar-refractivity contribution in [3.8, 4) is 0 Å². The predicted octanol–water partition coefficient (Wildman–Crippen LogP) is 1.54. The number of rotatable bonds is 2. The molecule has 0 N–H and O–H groups in total. The largest absolute Gasteiger partial charge is 0.347 e. The van der Waals surface area contributed by atoms with Crippen molar-refractivity contribution in [1.29, 1.82) is 0 Å². The first-order valence-electron chi connectivity index (χ1n) is 6.14. The maximum atomic E-state index is 12.4. The first-order chi connectivity index (χ1) is 9.00. The number of hydrogen-bond donors (Lipinski definition) is 0. The quantitative estimate of drug-likeness (QED) is 0.775. The molecule has 1 aromatic heterocycles. The van der Waals surface area contributed by atoms with Crippen LogP contribution in [0.15, 0.2) is 22.9 Å². The van der Waals surface area contributed by atoms with E-state index in [4.69, 9.17) is 0 Å². The molecule has 0 aromatic carbocycles. The summed E-state index contributed by atoms with van der Waals surface area (Å²) < 4.78 is 0.619. The molecular weight excluding hydrogens is 310 g/mol. The molecule has 1 atom stereocenters. The minimum Gasteiger partial charge on any atom is -0.347 e. The van der Waals surface area contributed by atoms with Crippen LogP contribution >= 0.6 is 15.9 Å². The number of carbonyl (C=O) groups is 2. The van der Waals surface area contributed by atoms with Crippen LogP contribution in [0.1, 0.15) is 23.2 Å². The summed E-state index contributed by atoms with van der Waals surface area (Å²) in [6, 6.07) is 3.01. The van der Waals surface area contributed by atoms with Gasteiger partial charge in [0.25, 0.3) is 5.91 Å². The number of halogens is 1. The molecule has 2 rings (SSSR count). The van der Waals surface area contributed by atoms with E-state index in [0.717, 1.165) is 12.8 Å². The molecular formula is C13H16BrN3O2. The Kier molecular flexibility index (Phi) is 4.19. The SMILES string of the molecule is CN(C)C(=O)C1CCCN1C(=O)c1ccnc(Br)c1. The van der Waals surface area contributed by atoms with Crippen LogP contribution in [0.2, 0.25) is 0 Å². The molecule has 1 aliphatic rings. The van der Waals surface area contributed by atoms with E-state index in [9.17, 15) is 9.59 Å². The number of likely N-dealkylation sites (tertiary alicyclic amines) is 1. The lowest BCUT2D eigenvalue weighted by Gasteiger charge is -2.26. The summed E-state index contributed by atoms with van der Waals surface area (Å²) in [4.78, 5) is 31.7. The Hall–Kier alpha value is -1.43. The molecule has 0 spiro atoms. The van der Waals surface area contributed by atoms with Gasteiger partial charge in [-0.3, -0.25) is 9.59 Å². The summed E-state index contributed by atoms with van der Waals surface area (Å²) in [6.45, 7) is 0.628. The van der Waals surface area contributed by atoms with Crippen molar-refractivity contribution < 1.29 is 9.59 Å². The smallest absolute Gasteiger partial charge is 0.254 e. The van der Waals surface area contributed by atoms with Crippen molar-refractivity contribution in [2.75, 3.05) is 20.6 Å². The highest BCUT2D eigenvalue weighted by molar-refractivity contribution is 9.10. The summed E-state index contributed by atoms with van der Waals surface area (Å²) in [5, 5.41) is 0. The first kappa shape index (κ1) is 14.0. The summed E-state index contributed by atoms with van der Waals surface area (Å²) in [5.41, 5.74) is 0.556. The van der Waals surface area contributed by atoms with Gasteiger partial charge in [-0.25, -0.2) is 4.98 Å². The van der Waals surface area contributed by atoms with Crippen molar-refractivity contribution in [2.45, 2.75) is 18.9 Å². The highest BCUT2D eigenvalue weighted by Crippen LogP contribution is 2.22. The molecule has 2 heterocycles. The first-order valence-corrected chi connectivity index (χ1v) is 6.93. The number of aromatic nitrogens is 1. The van der Waals surface area contributed by atoms with E-state index in [1.165, 1.54) is 0 Å². The Labute approximate surface area is 120 Å². The summed E-state index contributed by atoms with van der Waals surface area (Å²) >= 11 is 3.25. The lowest BCUT2D eigenvalue weighted by Crippen LogP contribution is -2.45. The van der Waals surface area contributed by atoms with E-state index >= 15 is 0 Å². The Morgan fingerprint density at radius 3 is 2.84 bits per heavy atom. The molecule has 0 aliphatic carbocycles. The topological polar surface area (TPSA) is 53.5 Å². The van der Waals surface area contributed by atoms with Crippen LogP contribution in [0.5, 0.6) is 0 Å². The van der Waals surface area contributed by atoms with Crippen molar-refractivity contribution in [3.05, 3.63) is 28.5 Å². The van der Waals surface area contributed by atoms with Crippen LogP contribution in [0.25, 0.3) is 0 Å². The van der Waals surface area contributed by atoms with Gasteiger partial charge < -0.3 is 9.80 Å². The van der Waals surface area contributed by atoms with Crippen molar-refractivity contribution in [1.82, 2.24) is 14.8 Å². The van der Waals surface area contributed by atoms with Crippen LogP contribution in [0.3, 0.4) is 0 Å². The Morgan fingerprint density at radius 2 is 2.21 bits per heavy atom. The molecule has 2 amide bonds. The predicted molar refractivity (Wildman–Crippen MR) is 74.7 cm³/mol. The molecule has 102 valence electrons. The number of nitrogens with zero attached hydrogens (tertiary/aromatic N) is 3. The lowest BCUT2D eigenvalue weighted by molar-refractivity contribution is -0.132. The third kappa shape index (κ3) is 2.94. The number of likely N-dealkylation sites (N-methyl/N-ethyl adjacent to an activating group) is 1. The second-order valence-electron chi connectivity index (χ2n) is 4.76. The summed E-state index contributed by atoms with van der Waals surface area (Å²) in [7, 11) is 3.43. The Bertz CT molecular complexity index is 504. The van der Waals surface area contributed by atoms with E-state index in [-0.39, 0.29) is 17.9 Å². The molecule has 1 unspecified atom stereocenters. The number of hydrogen-bond acceptors (Lipinski definition) is 3. The summed E-state index contributed by atoms with van der Waals surface area (Å²) in [6.07, 6.45) is 3.17. The van der Waals surface area contributed by atoms with E-state index in [1.807, 2.05) is 0 Å². The maximum absolute atomic E-state index is 12.4. The molecule has 0 saturated carbocycles. The average molecular weight is 326 g/mol. The fourth-order valence-electron chi connectivity index (χ4n) is 2.27. The molecule has 19 heavy (non-hydrogen) atoms. The minimum absolute atomic E-state index is 0.0148. The molecule has 0 bridgehead atoms. The molecule has 1 aliphatic heterocycles. The zero-order chi connectivity index (χ0) is 14.0. The van der Waals surface area contributed by atoms with Crippen molar-refractivity contribution >= 4 is 27.7 Å². The molecule has 6 heteroatoms. The highest BCUT2D eigenvalue weighted by atomic mass is 79.9. The van der Waals surface area contributed by atoms with Crippen molar-refractivity contribution in [3.63, 3.8) is 0 Å². The van der Waals surface area contributed by atoms with Crippen LogP contribution in [0, 0.1) is 0 Å². The van der Waals surface area contributed by atoms with Gasteiger partial charge in [-0.15, -0.1) is 0 Å². The minimum atomic E-state index is -0.338. The van der Waals surface area contributed by atoms with Crippen LogP contribution in [-0.2, 0) is 4.79 Å². The molecule has 1 saturated heterocycles. The molecule has 1 aromatic rings. The maximum Gasteiger partial charge on any atom is 0.254 e. The van der Waals surface area contributed by atoms with Gasteiger partial charge >= 0.3 is 0 Å². The van der Waals surface area contributed by atoms with Gasteiger partial charge in [-0.1, -0.05) is 0 Å². The van der Waals surface area contributed by atoms with Gasteiger partial charge in [-0.2, -0.15) is 0 Å². The summed E-state index contributed by atoms with van der Waals surface area (Å²) in [5.74, 6) is -0.125.